The van der Waals surface area contributed by atoms with Crippen LogP contribution >= 0.6 is 0 Å². The third-order valence-electron chi connectivity index (χ3n) is 8.55. The van der Waals surface area contributed by atoms with Crippen molar-refractivity contribution in [1.29, 1.82) is 0 Å². The van der Waals surface area contributed by atoms with Crippen molar-refractivity contribution in [3.63, 3.8) is 0 Å². The van der Waals surface area contributed by atoms with Gasteiger partial charge in [0.15, 0.2) is 0 Å². The molecule has 0 bridgehead atoms. The number of benzene rings is 1. The van der Waals surface area contributed by atoms with Gasteiger partial charge in [0.2, 0.25) is 5.91 Å². The van der Waals surface area contributed by atoms with Crippen molar-refractivity contribution in [2.24, 2.45) is 5.73 Å². The van der Waals surface area contributed by atoms with Crippen LogP contribution in [0.1, 0.15) is 50.7 Å². The third kappa shape index (κ3) is 7.34. The van der Waals surface area contributed by atoms with E-state index in [2.05, 4.69) is 27.0 Å². The molecule has 1 aromatic heterocycles. The molecule has 2 aromatic rings. The summed E-state index contributed by atoms with van der Waals surface area (Å²) in [4.78, 5) is 57.0. The molecule has 1 aliphatic heterocycles. The summed E-state index contributed by atoms with van der Waals surface area (Å²) in [5, 5.41) is 9.38. The Kier molecular flexibility index (Phi) is 9.02. The normalized spacial score (nSPS) is 22.1. The number of aromatic nitrogens is 2. The van der Waals surface area contributed by atoms with Crippen molar-refractivity contribution < 1.29 is 19.1 Å². The minimum atomic E-state index is -0.956. The number of methoxy groups -OCH3 is 1. The van der Waals surface area contributed by atoms with Gasteiger partial charge in [-0.05, 0) is 81.7 Å². The van der Waals surface area contributed by atoms with Crippen LogP contribution < -0.4 is 27.4 Å². The molecule has 0 spiro atoms. The van der Waals surface area contributed by atoms with Gasteiger partial charge in [0.1, 0.15) is 5.82 Å². The topological polar surface area (TPSA) is 164 Å². The lowest BCUT2D eigenvalue weighted by Crippen LogP contribution is -2.58. The van der Waals surface area contributed by atoms with E-state index in [1.807, 2.05) is 12.1 Å². The molecule has 13 heteroatoms. The van der Waals surface area contributed by atoms with E-state index >= 15 is 0 Å². The van der Waals surface area contributed by atoms with Crippen molar-refractivity contribution in [3.05, 3.63) is 52.1 Å². The number of carbonyl (C=O) groups excluding carboxylic acids is 3. The predicted molar refractivity (Wildman–Crippen MR) is 161 cm³/mol. The Hall–Kier alpha value is -3.97. The van der Waals surface area contributed by atoms with Crippen LogP contribution in [0.2, 0.25) is 0 Å². The first-order valence-electron chi connectivity index (χ1n) is 15.0. The van der Waals surface area contributed by atoms with E-state index in [1.165, 1.54) is 22.8 Å². The van der Waals surface area contributed by atoms with Crippen LogP contribution in [0.5, 0.6) is 0 Å². The summed E-state index contributed by atoms with van der Waals surface area (Å²) in [6, 6.07) is 8.17. The largest absolute Gasteiger partial charge is 0.453 e. The number of rotatable bonds is 6. The highest BCUT2D eigenvalue weighted by atomic mass is 16.5. The summed E-state index contributed by atoms with van der Waals surface area (Å²) >= 11 is 0. The van der Waals surface area contributed by atoms with Gasteiger partial charge >= 0.3 is 17.8 Å². The van der Waals surface area contributed by atoms with Crippen molar-refractivity contribution in [2.45, 2.75) is 76.0 Å². The van der Waals surface area contributed by atoms with E-state index in [0.717, 1.165) is 44.2 Å². The second kappa shape index (κ2) is 12.7. The number of hydrogen-bond acceptors (Lipinski definition) is 8. The average Bonchev–Trinajstić information content (AvgIpc) is 3.42. The van der Waals surface area contributed by atoms with Crippen LogP contribution in [-0.2, 0) is 22.4 Å². The Labute approximate surface area is 251 Å². The smallest absolute Gasteiger partial charge is 0.407 e. The number of ether oxygens (including phenoxy) is 1. The van der Waals surface area contributed by atoms with Crippen LogP contribution in [0.15, 0.2) is 35.3 Å². The van der Waals surface area contributed by atoms with Crippen LogP contribution in [0, 0.1) is 0 Å². The van der Waals surface area contributed by atoms with E-state index in [1.54, 1.807) is 35.9 Å². The van der Waals surface area contributed by atoms with Crippen molar-refractivity contribution in [1.82, 2.24) is 30.0 Å². The predicted octanol–water partition coefficient (Wildman–Crippen LogP) is 1.37. The first-order valence-corrected chi connectivity index (χ1v) is 15.0. The lowest BCUT2D eigenvalue weighted by molar-refractivity contribution is -0.137. The minimum Gasteiger partial charge on any atom is -0.453 e. The van der Waals surface area contributed by atoms with Crippen molar-refractivity contribution in [2.75, 3.05) is 38.6 Å². The molecule has 232 valence electrons. The fraction of sp³-hybridized carbons (Fsp3) is 0.567. The molecule has 5 N–H and O–H groups in total. The molecule has 3 atom stereocenters. The molecule has 2 fully saturated rings. The molecule has 4 amide bonds. The molecule has 1 saturated carbocycles. The SMILES string of the molecule is COC(=O)NC1CCC(NC2CCc3cc(-n4ccc(NC(=O)N5CCN(C(=O)C(C)(C)N)CC5)nc4=O)ccc3C2)C1. The van der Waals surface area contributed by atoms with Gasteiger partial charge < -0.3 is 30.9 Å². The summed E-state index contributed by atoms with van der Waals surface area (Å²) in [6.07, 6.45) is 6.91. The van der Waals surface area contributed by atoms with Gasteiger partial charge in [-0.1, -0.05) is 6.07 Å². The lowest BCUT2D eigenvalue weighted by Gasteiger charge is -2.37. The molecular formula is C30H42N8O5. The van der Waals surface area contributed by atoms with Gasteiger partial charge in [-0.3, -0.25) is 14.7 Å². The maximum Gasteiger partial charge on any atom is 0.407 e. The molecule has 5 rings (SSSR count). The van der Waals surface area contributed by atoms with Crippen LogP contribution in [-0.4, -0.2) is 94.3 Å². The summed E-state index contributed by atoms with van der Waals surface area (Å²) in [5.74, 6) is 0.0285. The molecule has 1 aromatic carbocycles. The van der Waals surface area contributed by atoms with Crippen LogP contribution in [0.3, 0.4) is 0 Å². The Morgan fingerprint density at radius 1 is 0.977 bits per heavy atom. The number of carbonyl (C=O) groups is 3. The molecule has 13 nitrogen and oxygen atoms in total. The van der Waals surface area contributed by atoms with E-state index in [-0.39, 0.29) is 29.9 Å². The summed E-state index contributed by atoms with van der Waals surface area (Å²) in [5.41, 5.74) is 7.69. The molecule has 0 radical (unpaired) electrons. The number of amides is 4. The molecule has 3 unspecified atom stereocenters. The van der Waals surface area contributed by atoms with E-state index in [0.29, 0.717) is 38.3 Å². The number of alkyl carbamates (subject to hydrolysis) is 1. The first-order chi connectivity index (χ1) is 20.5. The zero-order valence-electron chi connectivity index (χ0n) is 25.1. The Morgan fingerprint density at radius 2 is 1.70 bits per heavy atom. The van der Waals surface area contributed by atoms with Crippen molar-refractivity contribution >= 4 is 23.8 Å². The summed E-state index contributed by atoms with van der Waals surface area (Å²) < 4.78 is 6.20. The van der Waals surface area contributed by atoms with Gasteiger partial charge in [0.25, 0.3) is 0 Å². The average molecular weight is 595 g/mol. The Bertz CT molecular complexity index is 1410. The zero-order chi connectivity index (χ0) is 30.7. The number of nitrogens with one attached hydrogen (secondary N) is 3. The number of nitrogens with two attached hydrogens (primary N) is 1. The second-order valence-corrected chi connectivity index (χ2v) is 12.3. The second-order valence-electron chi connectivity index (χ2n) is 12.3. The quantitative estimate of drug-likeness (QED) is 0.390. The monoisotopic (exact) mass is 594 g/mol. The van der Waals surface area contributed by atoms with Gasteiger partial charge in [-0.15, -0.1) is 0 Å². The van der Waals surface area contributed by atoms with E-state index < -0.39 is 11.2 Å². The number of hydrogen-bond donors (Lipinski definition) is 4. The lowest BCUT2D eigenvalue weighted by atomic mass is 9.87. The zero-order valence-corrected chi connectivity index (χ0v) is 25.1. The Balaban J connectivity index is 1.14. The Morgan fingerprint density at radius 3 is 2.40 bits per heavy atom. The molecular weight excluding hydrogens is 552 g/mol. The van der Waals surface area contributed by atoms with Gasteiger partial charge in [-0.2, -0.15) is 4.98 Å². The van der Waals surface area contributed by atoms with E-state index in [4.69, 9.17) is 10.5 Å². The number of nitrogens with zero attached hydrogens (tertiary/aromatic N) is 4. The minimum absolute atomic E-state index is 0.145. The number of fused-ring (bicyclic) bond motifs is 1. The number of anilines is 1. The molecule has 43 heavy (non-hydrogen) atoms. The summed E-state index contributed by atoms with van der Waals surface area (Å²) in [7, 11) is 1.38. The van der Waals surface area contributed by atoms with Crippen LogP contribution in [0.4, 0.5) is 15.4 Å². The highest BCUT2D eigenvalue weighted by Crippen LogP contribution is 2.27. The molecule has 2 aliphatic carbocycles. The molecule has 1 saturated heterocycles. The van der Waals surface area contributed by atoms with Gasteiger partial charge in [0, 0.05) is 50.5 Å². The van der Waals surface area contributed by atoms with Gasteiger partial charge in [0.05, 0.1) is 18.3 Å². The maximum atomic E-state index is 12.9. The molecule has 2 heterocycles. The number of urea groups is 1. The molecule has 3 aliphatic rings. The summed E-state index contributed by atoms with van der Waals surface area (Å²) in [6.45, 7) is 4.86. The highest BCUT2D eigenvalue weighted by molar-refractivity contribution is 5.89. The van der Waals surface area contributed by atoms with Gasteiger partial charge in [-0.25, -0.2) is 14.4 Å². The first kappa shape index (κ1) is 30.5. The fourth-order valence-corrected chi connectivity index (χ4v) is 6.23. The maximum absolute atomic E-state index is 12.9. The van der Waals surface area contributed by atoms with Crippen LogP contribution in [0.25, 0.3) is 5.69 Å². The standard InChI is InChI=1S/C30H42N8O5/c1-30(2,31)26(39)36-12-14-37(15-13-36)27(40)34-25-10-11-38(28(41)35-25)24-9-5-19-16-21(6-4-20(19)17-24)32-22-7-8-23(18-22)33-29(42)43-3/h5,9-11,17,21-23,32H,4,6-8,12-16,18,31H2,1-3H3,(H,33,42)(H,34,35,40,41). The fourth-order valence-electron chi connectivity index (χ4n) is 6.23. The number of aryl methyl sites for hydroxylation is 1. The number of piperazine rings is 1. The third-order valence-corrected chi connectivity index (χ3v) is 8.55. The van der Waals surface area contributed by atoms with Crippen molar-refractivity contribution in [3.8, 4) is 5.69 Å². The van der Waals surface area contributed by atoms with E-state index in [9.17, 15) is 19.2 Å². The highest BCUT2D eigenvalue weighted by Gasteiger charge is 2.32.